The lowest BCUT2D eigenvalue weighted by molar-refractivity contribution is -0.170. The van der Waals surface area contributed by atoms with E-state index >= 15 is 0 Å². The van der Waals surface area contributed by atoms with Gasteiger partial charge in [-0.1, -0.05) is 0 Å². The highest BCUT2D eigenvalue weighted by Crippen LogP contribution is 2.15. The van der Waals surface area contributed by atoms with Gasteiger partial charge in [0.15, 0.2) is 5.60 Å². The molecule has 10 N–H and O–H groups in total. The lowest BCUT2D eigenvalue weighted by Crippen LogP contribution is -2.42. The maximum atomic E-state index is 10.3. The fraction of sp³-hybridized carbons (Fsp3) is 0.500. The van der Waals surface area contributed by atoms with E-state index in [0.29, 0.717) is 0 Å². The minimum atomic E-state index is -2.74. The second kappa shape index (κ2) is 8.55. The largest absolute Gasteiger partial charge is 0.481 e. The van der Waals surface area contributed by atoms with Gasteiger partial charge < -0.3 is 25.9 Å². The third-order valence-corrected chi connectivity index (χ3v) is 1.29. The van der Waals surface area contributed by atoms with E-state index < -0.39 is 36.4 Å². The molecule has 96 valence electrons. The number of hydrogen-bond acceptors (Lipinski definition) is 6. The van der Waals surface area contributed by atoms with Crippen LogP contribution in [0.25, 0.3) is 0 Å². The number of hydrazine groups is 1. The standard InChI is InChI=1S/C6H8O7.H4N2.H2O/c7-3(8)1-6(13,5(11)12)2-4(9)10;1-2;/h13H,1-2H2,(H,7,8)(H,9,10)(H,11,12);1-2H2;1H2. The van der Waals surface area contributed by atoms with Gasteiger partial charge in [-0.3, -0.25) is 21.3 Å². The summed E-state index contributed by atoms with van der Waals surface area (Å²) in [5, 5.41) is 33.8. The van der Waals surface area contributed by atoms with Crippen molar-refractivity contribution >= 4 is 17.9 Å². The van der Waals surface area contributed by atoms with Gasteiger partial charge in [0, 0.05) is 0 Å². The molecule has 0 atom stereocenters. The Morgan fingerprint density at radius 1 is 0.938 bits per heavy atom. The Labute approximate surface area is 89.4 Å². The number of rotatable bonds is 5. The fourth-order valence-corrected chi connectivity index (χ4v) is 0.714. The van der Waals surface area contributed by atoms with Crippen LogP contribution in [-0.2, 0) is 14.4 Å². The van der Waals surface area contributed by atoms with Crippen molar-refractivity contribution in [3.63, 3.8) is 0 Å². The SMILES string of the molecule is NN.O.O=C(O)CC(O)(CC(=O)O)C(=O)O. The van der Waals surface area contributed by atoms with Crippen molar-refractivity contribution in [2.45, 2.75) is 18.4 Å². The quantitative estimate of drug-likeness (QED) is 0.210. The van der Waals surface area contributed by atoms with Crippen molar-refractivity contribution in [2.24, 2.45) is 11.7 Å². The number of hydrogen-bond donors (Lipinski definition) is 6. The number of carboxylic acids is 3. The molecule has 16 heavy (non-hydrogen) atoms. The highest BCUT2D eigenvalue weighted by Gasteiger charge is 2.40. The molecule has 0 aromatic heterocycles. The smallest absolute Gasteiger partial charge is 0.336 e. The van der Waals surface area contributed by atoms with Crippen molar-refractivity contribution in [3.8, 4) is 0 Å². The van der Waals surface area contributed by atoms with E-state index in [0.717, 1.165) is 0 Å². The summed E-state index contributed by atoms with van der Waals surface area (Å²) < 4.78 is 0. The van der Waals surface area contributed by atoms with Gasteiger partial charge in [-0.2, -0.15) is 0 Å². The first-order chi connectivity index (χ1) is 6.78. The van der Waals surface area contributed by atoms with Gasteiger partial charge in [0.1, 0.15) is 0 Å². The zero-order valence-electron chi connectivity index (χ0n) is 8.08. The topological polar surface area (TPSA) is 216 Å². The van der Waals surface area contributed by atoms with Crippen LogP contribution in [0.15, 0.2) is 0 Å². The van der Waals surface area contributed by atoms with Gasteiger partial charge in [0.2, 0.25) is 0 Å². The van der Waals surface area contributed by atoms with Crippen molar-refractivity contribution in [2.75, 3.05) is 0 Å². The zero-order chi connectivity index (χ0) is 12.6. The van der Waals surface area contributed by atoms with E-state index in [9.17, 15) is 14.4 Å². The summed E-state index contributed by atoms with van der Waals surface area (Å²) in [5.41, 5.74) is -2.74. The monoisotopic (exact) mass is 242 g/mol. The molecular weight excluding hydrogens is 228 g/mol. The Hall–Kier alpha value is -1.75. The Bertz CT molecular complexity index is 237. The minimum absolute atomic E-state index is 0. The summed E-state index contributed by atoms with van der Waals surface area (Å²) in [6.07, 6.45) is -2.29. The first-order valence-corrected chi connectivity index (χ1v) is 3.50. The Morgan fingerprint density at radius 3 is 1.31 bits per heavy atom. The number of carboxylic acid groups (broad SMARTS) is 3. The zero-order valence-corrected chi connectivity index (χ0v) is 8.08. The number of aliphatic carboxylic acids is 3. The van der Waals surface area contributed by atoms with Crippen molar-refractivity contribution in [3.05, 3.63) is 0 Å². The van der Waals surface area contributed by atoms with E-state index in [-0.39, 0.29) is 5.48 Å². The van der Waals surface area contributed by atoms with Crippen LogP contribution in [0, 0.1) is 0 Å². The third-order valence-electron chi connectivity index (χ3n) is 1.29. The molecule has 0 unspecified atom stereocenters. The summed E-state index contributed by atoms with van der Waals surface area (Å²) in [7, 11) is 0. The van der Waals surface area contributed by atoms with Crippen molar-refractivity contribution in [1.82, 2.24) is 0 Å². The van der Waals surface area contributed by atoms with E-state index in [1.165, 1.54) is 0 Å². The highest BCUT2D eigenvalue weighted by atomic mass is 16.4. The van der Waals surface area contributed by atoms with Crippen molar-refractivity contribution < 1.29 is 40.3 Å². The third kappa shape index (κ3) is 7.64. The molecule has 0 aliphatic rings. The van der Waals surface area contributed by atoms with Crippen LogP contribution < -0.4 is 11.7 Å². The molecule has 0 aromatic rings. The molecule has 0 bridgehead atoms. The molecular formula is C6H14N2O8. The molecule has 10 nitrogen and oxygen atoms in total. The van der Waals surface area contributed by atoms with E-state index in [1.807, 2.05) is 0 Å². The van der Waals surface area contributed by atoms with Crippen LogP contribution in [0.4, 0.5) is 0 Å². The lowest BCUT2D eigenvalue weighted by atomic mass is 9.96. The molecule has 0 radical (unpaired) electrons. The maximum Gasteiger partial charge on any atom is 0.336 e. The van der Waals surface area contributed by atoms with Crippen molar-refractivity contribution in [1.29, 1.82) is 0 Å². The fourth-order valence-electron chi connectivity index (χ4n) is 0.714. The molecule has 10 heteroatoms. The molecule has 0 heterocycles. The molecule has 0 fully saturated rings. The van der Waals surface area contributed by atoms with Gasteiger partial charge in [-0.15, -0.1) is 0 Å². The summed E-state index contributed by atoms with van der Waals surface area (Å²) in [5.74, 6) is 2.98. The summed E-state index contributed by atoms with van der Waals surface area (Å²) in [6.45, 7) is 0. The molecule has 0 aliphatic carbocycles. The maximum absolute atomic E-state index is 10.3. The molecule has 0 aromatic carbocycles. The van der Waals surface area contributed by atoms with Gasteiger partial charge >= 0.3 is 17.9 Å². The first kappa shape index (κ1) is 19.8. The van der Waals surface area contributed by atoms with Crippen LogP contribution >= 0.6 is 0 Å². The molecule has 0 spiro atoms. The average Bonchev–Trinajstić information content (AvgIpc) is 2.04. The van der Waals surface area contributed by atoms with Crippen LogP contribution in [0.3, 0.4) is 0 Å². The van der Waals surface area contributed by atoms with Gasteiger partial charge in [-0.25, -0.2) is 4.79 Å². The van der Waals surface area contributed by atoms with E-state index in [4.69, 9.17) is 20.4 Å². The molecule has 0 aliphatic heterocycles. The van der Waals surface area contributed by atoms with E-state index in [2.05, 4.69) is 11.7 Å². The number of carbonyl (C=O) groups is 3. The van der Waals surface area contributed by atoms with Crippen LogP contribution in [0.1, 0.15) is 12.8 Å². The van der Waals surface area contributed by atoms with Gasteiger partial charge in [0.05, 0.1) is 12.8 Å². The van der Waals surface area contributed by atoms with Gasteiger partial charge in [0.25, 0.3) is 0 Å². The second-order valence-corrected chi connectivity index (χ2v) is 2.48. The van der Waals surface area contributed by atoms with Crippen LogP contribution in [0.2, 0.25) is 0 Å². The van der Waals surface area contributed by atoms with Crippen LogP contribution in [-0.4, -0.2) is 49.4 Å². The molecule has 0 saturated heterocycles. The predicted octanol–water partition coefficient (Wildman–Crippen LogP) is -3.25. The second-order valence-electron chi connectivity index (χ2n) is 2.48. The highest BCUT2D eigenvalue weighted by molar-refractivity contribution is 5.88. The number of aliphatic hydroxyl groups is 1. The predicted molar refractivity (Wildman–Crippen MR) is 49.1 cm³/mol. The molecule has 0 rings (SSSR count). The normalized spacial score (nSPS) is 9.19. The Balaban J connectivity index is -0.000000529. The summed E-state index contributed by atoms with van der Waals surface area (Å²) in [6, 6.07) is 0. The Morgan fingerprint density at radius 2 is 1.19 bits per heavy atom. The lowest BCUT2D eigenvalue weighted by Gasteiger charge is -2.18. The minimum Gasteiger partial charge on any atom is -0.481 e. The first-order valence-electron chi connectivity index (χ1n) is 3.50. The Kier molecular flexibility index (Phi) is 10.6. The van der Waals surface area contributed by atoms with Gasteiger partial charge in [-0.05, 0) is 0 Å². The van der Waals surface area contributed by atoms with Crippen LogP contribution in [0.5, 0.6) is 0 Å². The summed E-state index contributed by atoms with van der Waals surface area (Å²) in [4.78, 5) is 30.5. The summed E-state index contributed by atoms with van der Waals surface area (Å²) >= 11 is 0. The average molecular weight is 242 g/mol. The molecule has 0 saturated carbocycles. The molecule has 0 amide bonds. The number of nitrogens with two attached hydrogens (primary N) is 2. The van der Waals surface area contributed by atoms with E-state index in [1.54, 1.807) is 0 Å².